The Hall–Kier alpha value is -1.14. The van der Waals surface area contributed by atoms with Gasteiger partial charge < -0.3 is 20.4 Å². The summed E-state index contributed by atoms with van der Waals surface area (Å²) in [6.45, 7) is 8.90. The lowest BCUT2D eigenvalue weighted by Crippen LogP contribution is -2.52. The van der Waals surface area contributed by atoms with Crippen LogP contribution in [-0.2, 0) is 9.59 Å². The minimum Gasteiger partial charge on any atom is -0.348 e. The summed E-state index contributed by atoms with van der Waals surface area (Å²) in [6, 6.07) is 0. The van der Waals surface area contributed by atoms with Crippen LogP contribution in [0, 0.1) is 5.92 Å². The molecule has 2 aliphatic heterocycles. The van der Waals surface area contributed by atoms with Gasteiger partial charge in [0.05, 0.1) is 0 Å². The van der Waals surface area contributed by atoms with Gasteiger partial charge in [0.25, 0.3) is 0 Å². The number of carbonyl (C=O) groups is 2. The number of hydrogen-bond donors (Lipinski definition) is 2. The first kappa shape index (κ1) is 15.3. The maximum absolute atomic E-state index is 11.9. The average molecular weight is 282 g/mol. The van der Waals surface area contributed by atoms with E-state index in [0.717, 1.165) is 45.6 Å². The first-order chi connectivity index (χ1) is 9.70. The van der Waals surface area contributed by atoms with Crippen LogP contribution in [0.2, 0.25) is 0 Å². The molecule has 0 aromatic rings. The second kappa shape index (κ2) is 7.59. The Morgan fingerprint density at radius 2 is 1.80 bits per heavy atom. The number of nitrogens with zero attached hydrogens (tertiary/aromatic N) is 2. The lowest BCUT2D eigenvalue weighted by molar-refractivity contribution is -0.146. The van der Waals surface area contributed by atoms with E-state index in [9.17, 15) is 9.59 Å². The zero-order valence-electron chi connectivity index (χ0n) is 12.4. The summed E-state index contributed by atoms with van der Waals surface area (Å²) in [6.07, 6.45) is 2.21. The lowest BCUT2D eigenvalue weighted by atomic mass is 9.97. The largest absolute Gasteiger partial charge is 0.348 e. The first-order valence-electron chi connectivity index (χ1n) is 7.71. The van der Waals surface area contributed by atoms with Crippen molar-refractivity contribution < 1.29 is 9.59 Å². The van der Waals surface area contributed by atoms with Crippen molar-refractivity contribution in [3.05, 3.63) is 0 Å². The van der Waals surface area contributed by atoms with E-state index in [-0.39, 0.29) is 5.91 Å². The number of nitrogens with one attached hydrogen (secondary N) is 2. The molecule has 20 heavy (non-hydrogen) atoms. The van der Waals surface area contributed by atoms with Gasteiger partial charge in [0.2, 0.25) is 0 Å². The highest BCUT2D eigenvalue weighted by Crippen LogP contribution is 2.15. The van der Waals surface area contributed by atoms with E-state index in [1.54, 1.807) is 4.90 Å². The van der Waals surface area contributed by atoms with Gasteiger partial charge in [-0.2, -0.15) is 0 Å². The molecule has 0 unspecified atom stereocenters. The molecule has 2 aliphatic rings. The molecule has 0 aliphatic carbocycles. The molecule has 0 aromatic carbocycles. The summed E-state index contributed by atoms with van der Waals surface area (Å²) >= 11 is 0. The Morgan fingerprint density at radius 3 is 2.40 bits per heavy atom. The van der Waals surface area contributed by atoms with Crippen LogP contribution in [0.1, 0.15) is 19.8 Å². The summed E-state index contributed by atoms with van der Waals surface area (Å²) in [7, 11) is 0. The fourth-order valence-electron chi connectivity index (χ4n) is 2.83. The Bertz CT molecular complexity index is 334. The number of amides is 2. The van der Waals surface area contributed by atoms with Gasteiger partial charge >= 0.3 is 11.8 Å². The second-order valence-electron chi connectivity index (χ2n) is 5.63. The van der Waals surface area contributed by atoms with Crippen molar-refractivity contribution in [3.63, 3.8) is 0 Å². The van der Waals surface area contributed by atoms with Crippen LogP contribution in [0.4, 0.5) is 0 Å². The molecule has 0 radical (unpaired) electrons. The Kier molecular flexibility index (Phi) is 5.79. The van der Waals surface area contributed by atoms with Crippen molar-refractivity contribution in [1.29, 1.82) is 0 Å². The molecule has 2 saturated heterocycles. The monoisotopic (exact) mass is 282 g/mol. The van der Waals surface area contributed by atoms with Crippen LogP contribution in [0.25, 0.3) is 0 Å². The SMILES string of the molecule is CCN1CCC(CNC(=O)C(=O)N2CCNCC2)CC1. The molecule has 2 rings (SSSR count). The normalized spacial score (nSPS) is 21.8. The molecule has 2 heterocycles. The highest BCUT2D eigenvalue weighted by molar-refractivity contribution is 6.35. The molecule has 2 fully saturated rings. The topological polar surface area (TPSA) is 64.7 Å². The zero-order chi connectivity index (χ0) is 14.4. The van der Waals surface area contributed by atoms with Gasteiger partial charge in [-0.05, 0) is 38.4 Å². The van der Waals surface area contributed by atoms with Gasteiger partial charge in [-0.1, -0.05) is 6.92 Å². The van der Waals surface area contributed by atoms with Crippen LogP contribution in [0.3, 0.4) is 0 Å². The molecule has 6 heteroatoms. The maximum Gasteiger partial charge on any atom is 0.311 e. The summed E-state index contributed by atoms with van der Waals surface area (Å²) in [5.74, 6) is -0.306. The van der Waals surface area contributed by atoms with E-state index in [0.29, 0.717) is 25.6 Å². The van der Waals surface area contributed by atoms with Crippen molar-refractivity contribution in [2.75, 3.05) is 52.4 Å². The van der Waals surface area contributed by atoms with E-state index < -0.39 is 5.91 Å². The van der Waals surface area contributed by atoms with Crippen molar-refractivity contribution >= 4 is 11.8 Å². The average Bonchev–Trinajstić information content (AvgIpc) is 2.53. The molecule has 2 amide bonds. The third-order valence-electron chi connectivity index (χ3n) is 4.30. The van der Waals surface area contributed by atoms with Crippen LogP contribution in [-0.4, -0.2) is 74.0 Å². The van der Waals surface area contributed by atoms with E-state index in [1.807, 2.05) is 0 Å². The van der Waals surface area contributed by atoms with Gasteiger partial charge in [0.1, 0.15) is 0 Å². The third kappa shape index (κ3) is 4.18. The summed E-state index contributed by atoms with van der Waals surface area (Å²) in [5.41, 5.74) is 0. The molecule has 0 aromatic heterocycles. The van der Waals surface area contributed by atoms with Crippen molar-refractivity contribution in [1.82, 2.24) is 20.4 Å². The number of carbonyl (C=O) groups excluding carboxylic acids is 2. The number of piperazine rings is 1. The lowest BCUT2D eigenvalue weighted by Gasteiger charge is -2.31. The van der Waals surface area contributed by atoms with Crippen LogP contribution in [0.5, 0.6) is 0 Å². The fourth-order valence-corrected chi connectivity index (χ4v) is 2.83. The Labute approximate surface area is 120 Å². The number of hydrogen-bond acceptors (Lipinski definition) is 4. The van der Waals surface area contributed by atoms with E-state index in [2.05, 4.69) is 22.5 Å². The van der Waals surface area contributed by atoms with Gasteiger partial charge in [0.15, 0.2) is 0 Å². The number of rotatable bonds is 3. The second-order valence-corrected chi connectivity index (χ2v) is 5.63. The van der Waals surface area contributed by atoms with E-state index in [1.165, 1.54) is 0 Å². The zero-order valence-corrected chi connectivity index (χ0v) is 12.4. The predicted octanol–water partition coefficient (Wildman–Crippen LogP) is -0.734. The van der Waals surface area contributed by atoms with Crippen LogP contribution in [0.15, 0.2) is 0 Å². The summed E-state index contributed by atoms with van der Waals surface area (Å²) in [5, 5.41) is 5.98. The molecular formula is C14H26N4O2. The molecule has 6 nitrogen and oxygen atoms in total. The minimum absolute atomic E-state index is 0.377. The third-order valence-corrected chi connectivity index (χ3v) is 4.30. The fraction of sp³-hybridized carbons (Fsp3) is 0.857. The van der Waals surface area contributed by atoms with Gasteiger partial charge in [0, 0.05) is 32.7 Å². The van der Waals surface area contributed by atoms with Crippen LogP contribution < -0.4 is 10.6 Å². The van der Waals surface area contributed by atoms with Gasteiger partial charge in [-0.25, -0.2) is 0 Å². The van der Waals surface area contributed by atoms with Gasteiger partial charge in [-0.3, -0.25) is 9.59 Å². The Balaban J connectivity index is 1.68. The van der Waals surface area contributed by atoms with E-state index >= 15 is 0 Å². The minimum atomic E-state index is -0.440. The molecule has 0 spiro atoms. The molecule has 0 bridgehead atoms. The molecule has 2 N–H and O–H groups in total. The number of likely N-dealkylation sites (tertiary alicyclic amines) is 1. The van der Waals surface area contributed by atoms with Crippen molar-refractivity contribution in [3.8, 4) is 0 Å². The first-order valence-corrected chi connectivity index (χ1v) is 7.71. The maximum atomic E-state index is 11.9. The Morgan fingerprint density at radius 1 is 1.15 bits per heavy atom. The highest BCUT2D eigenvalue weighted by atomic mass is 16.2. The molecule has 0 atom stereocenters. The molecule has 0 saturated carbocycles. The van der Waals surface area contributed by atoms with Crippen molar-refractivity contribution in [2.24, 2.45) is 5.92 Å². The van der Waals surface area contributed by atoms with Crippen molar-refractivity contribution in [2.45, 2.75) is 19.8 Å². The molecule has 114 valence electrons. The molecular weight excluding hydrogens is 256 g/mol. The summed E-state index contributed by atoms with van der Waals surface area (Å²) < 4.78 is 0. The van der Waals surface area contributed by atoms with E-state index in [4.69, 9.17) is 0 Å². The van der Waals surface area contributed by atoms with Crippen LogP contribution >= 0.6 is 0 Å². The quantitative estimate of drug-likeness (QED) is 0.670. The smallest absolute Gasteiger partial charge is 0.311 e. The standard InChI is InChI=1S/C14H26N4O2/c1-2-17-7-3-12(4-8-17)11-16-13(19)14(20)18-9-5-15-6-10-18/h12,15H,2-11H2,1H3,(H,16,19). The number of piperidine rings is 1. The summed E-state index contributed by atoms with van der Waals surface area (Å²) in [4.78, 5) is 27.9. The highest BCUT2D eigenvalue weighted by Gasteiger charge is 2.24. The predicted molar refractivity (Wildman–Crippen MR) is 77.3 cm³/mol. The van der Waals surface area contributed by atoms with Gasteiger partial charge in [-0.15, -0.1) is 0 Å².